The number of nitrogen functional groups attached to an aromatic ring is 1. The smallest absolute Gasteiger partial charge is 0.294 e. The molecule has 0 saturated carbocycles. The summed E-state index contributed by atoms with van der Waals surface area (Å²) in [4.78, 5) is 24.3. The number of halogens is 5. The first-order valence-electron chi connectivity index (χ1n) is 30.9. The maximum Gasteiger partial charge on any atom is 0.294 e. The van der Waals surface area contributed by atoms with E-state index in [0.29, 0.717) is 80.0 Å². The first-order chi connectivity index (χ1) is 46.8. The summed E-state index contributed by atoms with van der Waals surface area (Å²) in [6.45, 7) is 19.5. The number of aliphatic hydroxyl groups is 1. The minimum absolute atomic E-state index is 0.0325. The normalized spacial score (nSPS) is 13.1. The van der Waals surface area contributed by atoms with Crippen molar-refractivity contribution in [1.82, 2.24) is 49.9 Å². The number of unbranched alkanes of at least 4 members (excludes halogenated alkanes) is 1. The van der Waals surface area contributed by atoms with E-state index in [1.54, 1.807) is 71.0 Å². The summed E-state index contributed by atoms with van der Waals surface area (Å²) in [6, 6.07) is 20.7. The van der Waals surface area contributed by atoms with Crippen LogP contribution >= 0.6 is 57.5 Å². The molecule has 6 heterocycles. The number of morpholine rings is 2. The van der Waals surface area contributed by atoms with Crippen LogP contribution < -0.4 is 51.6 Å². The first-order valence-corrected chi connectivity index (χ1v) is 39.8. The molecule has 0 spiro atoms. The number of benzene rings is 5. The van der Waals surface area contributed by atoms with Crippen LogP contribution in [0.1, 0.15) is 36.5 Å². The molecule has 2 saturated heterocycles. The fraction of sp³-hybridized carbons (Fsp3) is 0.348. The zero-order valence-corrected chi connectivity index (χ0v) is 63.6. The van der Waals surface area contributed by atoms with E-state index in [0.717, 1.165) is 103 Å². The molecule has 4 aromatic heterocycles. The van der Waals surface area contributed by atoms with Crippen LogP contribution in [0.4, 0.5) is 60.5 Å². The summed E-state index contributed by atoms with van der Waals surface area (Å²) in [5.74, 6) is 1.81. The van der Waals surface area contributed by atoms with Gasteiger partial charge in [0.15, 0.2) is 0 Å². The van der Waals surface area contributed by atoms with E-state index < -0.39 is 30.0 Å². The van der Waals surface area contributed by atoms with Crippen LogP contribution in [-0.4, -0.2) is 174 Å². The van der Waals surface area contributed by atoms with Crippen LogP contribution in [0.25, 0.3) is 22.5 Å². The summed E-state index contributed by atoms with van der Waals surface area (Å²) < 4.78 is 96.7. The monoisotopic (exact) mass is 1570 g/mol. The van der Waals surface area contributed by atoms with Gasteiger partial charge in [-0.2, -0.15) is 48.4 Å². The van der Waals surface area contributed by atoms with Gasteiger partial charge >= 0.3 is 0 Å². The number of nitrogens with two attached hydrogens (primary N) is 1. The maximum absolute atomic E-state index is 16.0. The SMILES string of the molecule is C=P(C)(C)c1c(Nc2nc(Nc3cc(OC)c(N4CCOCC4)cc3C)ncc2Br)ccc(-c2cnn(C)n2)c1F.CCCCO.COc1cc(N)c(C)cc1N1CCOCC1.Cc1ccc(S(=O)(=O)O)cc1.Cn1ncc(-c2ccc(Nc3nc(Cl)ncc3Br)c(P(C)(C)=O)c2F)n1. The molecule has 9 aromatic rings. The van der Waals surface area contributed by atoms with Gasteiger partial charge < -0.3 is 60.1 Å². The Kier molecular flexibility index (Phi) is 28.3. The highest BCUT2D eigenvalue weighted by Crippen LogP contribution is 2.44. The van der Waals surface area contributed by atoms with Crippen molar-refractivity contribution in [3.63, 3.8) is 0 Å². The molecule has 2 aliphatic rings. The molecular weight excluding hydrogens is 1490 g/mol. The lowest BCUT2D eigenvalue weighted by Gasteiger charge is -2.30. The number of aromatic nitrogens is 10. The maximum atomic E-state index is 16.0. The molecule has 0 atom stereocenters. The van der Waals surface area contributed by atoms with Gasteiger partial charge in [0.05, 0.1) is 94.9 Å². The quantitative estimate of drug-likeness (QED) is 0.0213. The minimum atomic E-state index is -4.02. The molecule has 0 aliphatic carbocycles. The van der Waals surface area contributed by atoms with E-state index in [1.165, 1.54) is 47.4 Å². The fourth-order valence-electron chi connectivity index (χ4n) is 9.90. The third-order valence-electron chi connectivity index (χ3n) is 15.0. The lowest BCUT2D eigenvalue weighted by molar-refractivity contribution is 0.122. The Hall–Kier alpha value is -7.63. The largest absolute Gasteiger partial charge is 0.495 e. The summed E-state index contributed by atoms with van der Waals surface area (Å²) in [6.07, 6.45) is 12.5. The number of rotatable bonds is 17. The van der Waals surface area contributed by atoms with E-state index in [9.17, 15) is 13.0 Å². The molecule has 2 fully saturated rings. The Labute approximate surface area is 598 Å². The van der Waals surface area contributed by atoms with Crippen molar-refractivity contribution < 1.29 is 50.4 Å². The van der Waals surface area contributed by atoms with Gasteiger partial charge in [0.2, 0.25) is 11.2 Å². The number of anilines is 9. The van der Waals surface area contributed by atoms with Crippen molar-refractivity contribution in [2.75, 3.05) is 132 Å². The van der Waals surface area contributed by atoms with Crippen LogP contribution in [-0.2, 0) is 38.3 Å². The number of methoxy groups -OCH3 is 2. The summed E-state index contributed by atoms with van der Waals surface area (Å²) in [5.41, 5.74) is 15.0. The third kappa shape index (κ3) is 21.7. The van der Waals surface area contributed by atoms with Crippen LogP contribution in [0.2, 0.25) is 5.28 Å². The predicted octanol–water partition coefficient (Wildman–Crippen LogP) is 12.4. The number of hydrogen-bond donors (Lipinski definition) is 6. The summed E-state index contributed by atoms with van der Waals surface area (Å²) >= 11 is 12.7. The van der Waals surface area contributed by atoms with Gasteiger partial charge in [0.1, 0.15) is 53.3 Å². The van der Waals surface area contributed by atoms with Crippen molar-refractivity contribution in [2.24, 2.45) is 14.1 Å². The van der Waals surface area contributed by atoms with Gasteiger partial charge in [-0.05, 0) is 157 Å². The molecule has 7 N–H and O–H groups in total. The second kappa shape index (κ2) is 35.6. The third-order valence-corrected chi connectivity index (χ3v) is 20.3. The number of nitrogens with one attached hydrogen (secondary N) is 3. The molecule has 11 rings (SSSR count). The Morgan fingerprint density at radius 3 is 1.61 bits per heavy atom. The molecule has 532 valence electrons. The van der Waals surface area contributed by atoms with E-state index in [1.807, 2.05) is 52.3 Å². The standard InChI is InChI=1S/C28H33BrFN8O2P.C15H14BrClFN6OP.C12H18N2O2.C7H8O3S.C4H10O/c1-17-13-23(38-9-11-40-12-10-38)24(39-3)14-21(17)34-28-31-15-19(29)27(35-28)33-20-8-7-18(22-16-32-37(2)36-22)25(30)26(20)41(4,5)6;1-24-20-7-11(23-24)8-4-5-10(13(12(8)18)26(2,3)25)21-14-9(16)6-19-15(17)22-14;1-9-7-11(12(15-2)8-10(9)13)14-3-5-16-6-4-14;1-6-2-4-7(5-3-6)11(8,9)10;1-2-3-4-5/h7-8,13-16H,4,9-12H2,1-3,5-6H3,(H2,31,33,34,35);4-7H,1-3H3,(H,19,21,22);7-8H,3-6,13H2,1-2H3;2-5H,1H3,(H,8,9,10);5H,2-4H2,1H3. The summed E-state index contributed by atoms with van der Waals surface area (Å²) in [5, 5.41) is 34.7. The number of hydrogen-bond acceptors (Lipinski definition) is 22. The van der Waals surface area contributed by atoms with E-state index >= 15 is 8.78 Å². The van der Waals surface area contributed by atoms with E-state index in [2.05, 4.69) is 118 Å². The lowest BCUT2D eigenvalue weighted by Crippen LogP contribution is -2.36. The van der Waals surface area contributed by atoms with Gasteiger partial charge in [-0.15, -0.1) is 0 Å². The molecular formula is C66H83Br2ClF2N16O9P2S. The molecule has 2 aliphatic heterocycles. The van der Waals surface area contributed by atoms with Crippen molar-refractivity contribution in [3.8, 4) is 34.0 Å². The van der Waals surface area contributed by atoms with Gasteiger partial charge in [0.25, 0.3) is 10.1 Å². The van der Waals surface area contributed by atoms with Crippen molar-refractivity contribution >= 4 is 136 Å². The van der Waals surface area contributed by atoms with Crippen LogP contribution in [0.5, 0.6) is 11.5 Å². The predicted molar refractivity (Wildman–Crippen MR) is 401 cm³/mol. The van der Waals surface area contributed by atoms with Crippen LogP contribution in [0, 0.1) is 32.4 Å². The molecule has 99 heavy (non-hydrogen) atoms. The Balaban J connectivity index is 0.000000201. The number of aliphatic hydroxyl groups excluding tert-OH is 1. The first kappa shape index (κ1) is 78.7. The molecule has 0 radical (unpaired) electrons. The van der Waals surface area contributed by atoms with Crippen molar-refractivity contribution in [3.05, 3.63) is 140 Å². The highest BCUT2D eigenvalue weighted by molar-refractivity contribution is 9.11. The molecule has 0 unspecified atom stereocenters. The molecule has 25 nitrogen and oxygen atoms in total. The lowest BCUT2D eigenvalue weighted by atomic mass is 10.1. The highest BCUT2D eigenvalue weighted by Gasteiger charge is 2.28. The van der Waals surface area contributed by atoms with Crippen molar-refractivity contribution in [1.29, 1.82) is 0 Å². The van der Waals surface area contributed by atoms with Gasteiger partial charge in [-0.3, -0.25) is 4.55 Å². The highest BCUT2D eigenvalue weighted by atomic mass is 79.9. The van der Waals surface area contributed by atoms with E-state index in [4.69, 9.17) is 50.9 Å². The van der Waals surface area contributed by atoms with Gasteiger partial charge in [0, 0.05) is 99.2 Å². The number of aryl methyl sites for hydroxylation is 5. The van der Waals surface area contributed by atoms with Gasteiger partial charge in [-0.1, -0.05) is 44.2 Å². The molecule has 5 aromatic carbocycles. The second-order valence-electron chi connectivity index (χ2n) is 23.5. The Bertz CT molecular complexity index is 4460. The fourth-order valence-corrected chi connectivity index (χ4v) is 13.8. The minimum Gasteiger partial charge on any atom is -0.495 e. The average Bonchev–Trinajstić information content (AvgIpc) is 1.63. The zero-order chi connectivity index (χ0) is 72.5. The number of nitrogens with zero attached hydrogens (tertiary/aromatic N) is 12. The average molecular weight is 1570 g/mol. The molecule has 0 bridgehead atoms. The van der Waals surface area contributed by atoms with Crippen molar-refractivity contribution in [2.45, 2.75) is 45.4 Å². The Morgan fingerprint density at radius 2 is 1.16 bits per heavy atom. The zero-order valence-electron chi connectivity index (χ0n) is 57.1. The summed E-state index contributed by atoms with van der Waals surface area (Å²) in [7, 11) is -0.327. The number of ether oxygens (including phenoxy) is 4. The van der Waals surface area contributed by atoms with Crippen LogP contribution in [0.3, 0.4) is 0 Å². The second-order valence-corrected chi connectivity index (χ2v) is 33.9. The Morgan fingerprint density at radius 1 is 0.687 bits per heavy atom. The van der Waals surface area contributed by atoms with Crippen LogP contribution in [0.15, 0.2) is 111 Å². The molecule has 33 heteroatoms. The van der Waals surface area contributed by atoms with Gasteiger partial charge in [-0.25, -0.2) is 18.7 Å². The topological polar surface area (TPSA) is 310 Å². The van der Waals surface area contributed by atoms with E-state index in [-0.39, 0.29) is 26.9 Å². The molecule has 0 amide bonds.